The molecule has 1 aromatic rings. The molecule has 0 aromatic carbocycles. The number of thiocarbonyl (C=S) groups is 1. The summed E-state index contributed by atoms with van der Waals surface area (Å²) >= 11 is 5.08. The van der Waals surface area contributed by atoms with Gasteiger partial charge in [-0.1, -0.05) is 0 Å². The number of rotatable bonds is 1. The van der Waals surface area contributed by atoms with E-state index in [-0.39, 0.29) is 0 Å². The number of hydrogen-bond donors (Lipinski definition) is 1. The molecule has 0 spiro atoms. The molecule has 0 fully saturated rings. The van der Waals surface area contributed by atoms with E-state index in [0.29, 0.717) is 5.11 Å². The highest BCUT2D eigenvalue weighted by atomic mass is 32.1. The quantitative estimate of drug-likeness (QED) is 0.684. The molecular weight excluding hydrogens is 182 g/mol. The minimum Gasteiger partial charge on any atom is -0.365 e. The van der Waals surface area contributed by atoms with E-state index >= 15 is 0 Å². The molecule has 1 N–H and O–H groups in total. The molecule has 70 valence electrons. The van der Waals surface area contributed by atoms with Crippen LogP contribution in [0.5, 0.6) is 0 Å². The van der Waals surface area contributed by atoms with Crippen LogP contribution >= 0.6 is 12.2 Å². The Balaban J connectivity index is 2.83. The SMILES string of the molecule is CNC(=S)N(C)c1ccc(C)nc1. The Morgan fingerprint density at radius 1 is 1.54 bits per heavy atom. The average molecular weight is 195 g/mol. The number of hydrogen-bond acceptors (Lipinski definition) is 2. The largest absolute Gasteiger partial charge is 0.365 e. The summed E-state index contributed by atoms with van der Waals surface area (Å²) in [5, 5.41) is 3.59. The Morgan fingerprint density at radius 3 is 2.69 bits per heavy atom. The first-order valence-corrected chi connectivity index (χ1v) is 4.44. The van der Waals surface area contributed by atoms with Crippen molar-refractivity contribution < 1.29 is 0 Å². The van der Waals surface area contributed by atoms with Gasteiger partial charge in [0, 0.05) is 19.8 Å². The Bertz CT molecular complexity index is 294. The zero-order valence-corrected chi connectivity index (χ0v) is 8.85. The smallest absolute Gasteiger partial charge is 0.172 e. The van der Waals surface area contributed by atoms with Crippen molar-refractivity contribution in [3.05, 3.63) is 24.0 Å². The highest BCUT2D eigenvalue weighted by molar-refractivity contribution is 7.80. The summed E-state index contributed by atoms with van der Waals surface area (Å²) in [7, 11) is 3.71. The van der Waals surface area contributed by atoms with Gasteiger partial charge >= 0.3 is 0 Å². The van der Waals surface area contributed by atoms with Gasteiger partial charge in [-0.2, -0.15) is 0 Å². The van der Waals surface area contributed by atoms with Gasteiger partial charge < -0.3 is 10.2 Å². The number of nitrogens with one attached hydrogen (secondary N) is 1. The Morgan fingerprint density at radius 2 is 2.23 bits per heavy atom. The van der Waals surface area contributed by atoms with E-state index in [2.05, 4.69) is 10.3 Å². The van der Waals surface area contributed by atoms with Crippen molar-refractivity contribution >= 4 is 23.0 Å². The van der Waals surface area contributed by atoms with E-state index in [0.717, 1.165) is 11.4 Å². The molecule has 0 aliphatic heterocycles. The van der Waals surface area contributed by atoms with Crippen molar-refractivity contribution in [1.29, 1.82) is 0 Å². The third kappa shape index (κ3) is 2.39. The third-order valence-corrected chi connectivity index (χ3v) is 2.28. The third-order valence-electron chi connectivity index (χ3n) is 1.80. The monoisotopic (exact) mass is 195 g/mol. The first-order valence-electron chi connectivity index (χ1n) is 4.03. The van der Waals surface area contributed by atoms with Crippen LogP contribution in [0.2, 0.25) is 0 Å². The summed E-state index contributed by atoms with van der Waals surface area (Å²) in [6.45, 7) is 1.96. The minimum atomic E-state index is 0.686. The number of anilines is 1. The number of aryl methyl sites for hydroxylation is 1. The molecule has 1 heterocycles. The van der Waals surface area contributed by atoms with Crippen molar-refractivity contribution in [2.45, 2.75) is 6.92 Å². The molecule has 0 amide bonds. The average Bonchev–Trinajstić information content (AvgIpc) is 2.17. The van der Waals surface area contributed by atoms with Crippen LogP contribution in [0.3, 0.4) is 0 Å². The first-order chi connectivity index (χ1) is 6.15. The molecule has 0 bridgehead atoms. The fourth-order valence-corrected chi connectivity index (χ4v) is 1.05. The van der Waals surface area contributed by atoms with Crippen LogP contribution in [0.4, 0.5) is 5.69 Å². The van der Waals surface area contributed by atoms with E-state index < -0.39 is 0 Å². The van der Waals surface area contributed by atoms with Gasteiger partial charge in [-0.3, -0.25) is 4.98 Å². The van der Waals surface area contributed by atoms with Gasteiger partial charge in [-0.25, -0.2) is 0 Å². The predicted octanol–water partition coefficient (Wildman–Crippen LogP) is 1.33. The van der Waals surface area contributed by atoms with Crippen LogP contribution in [0, 0.1) is 6.92 Å². The van der Waals surface area contributed by atoms with Crippen LogP contribution in [0.1, 0.15) is 5.69 Å². The Hall–Kier alpha value is -1.16. The fraction of sp³-hybridized carbons (Fsp3) is 0.333. The van der Waals surface area contributed by atoms with Gasteiger partial charge in [-0.05, 0) is 31.3 Å². The summed E-state index contributed by atoms with van der Waals surface area (Å²) < 4.78 is 0. The van der Waals surface area contributed by atoms with Crippen molar-refractivity contribution in [2.75, 3.05) is 19.0 Å². The molecule has 0 aliphatic carbocycles. The number of aromatic nitrogens is 1. The number of pyridine rings is 1. The van der Waals surface area contributed by atoms with Crippen molar-refractivity contribution in [1.82, 2.24) is 10.3 Å². The Labute approximate surface area is 83.8 Å². The highest BCUT2D eigenvalue weighted by Gasteiger charge is 2.03. The van der Waals surface area contributed by atoms with E-state index in [9.17, 15) is 0 Å². The lowest BCUT2D eigenvalue weighted by molar-refractivity contribution is 1.10. The molecule has 0 radical (unpaired) electrons. The molecule has 0 aliphatic rings. The topological polar surface area (TPSA) is 28.2 Å². The lowest BCUT2D eigenvalue weighted by Gasteiger charge is -2.18. The molecule has 1 aromatic heterocycles. The summed E-state index contributed by atoms with van der Waals surface area (Å²) in [5.41, 5.74) is 2.00. The van der Waals surface area contributed by atoms with Gasteiger partial charge in [-0.15, -0.1) is 0 Å². The van der Waals surface area contributed by atoms with E-state index in [1.807, 2.05) is 31.0 Å². The van der Waals surface area contributed by atoms with Gasteiger partial charge in [0.2, 0.25) is 0 Å². The molecule has 3 nitrogen and oxygen atoms in total. The second-order valence-electron chi connectivity index (χ2n) is 2.77. The second kappa shape index (κ2) is 4.18. The minimum absolute atomic E-state index is 0.686. The van der Waals surface area contributed by atoms with Crippen molar-refractivity contribution in [3.8, 4) is 0 Å². The second-order valence-corrected chi connectivity index (χ2v) is 3.16. The van der Waals surface area contributed by atoms with Crippen LogP contribution in [0.15, 0.2) is 18.3 Å². The number of nitrogens with zero attached hydrogens (tertiary/aromatic N) is 2. The van der Waals surface area contributed by atoms with Crippen LogP contribution in [-0.4, -0.2) is 24.2 Å². The summed E-state index contributed by atoms with van der Waals surface area (Å²) in [5.74, 6) is 0. The molecular formula is C9H13N3S. The lowest BCUT2D eigenvalue weighted by Crippen LogP contribution is -2.34. The molecule has 13 heavy (non-hydrogen) atoms. The summed E-state index contributed by atoms with van der Waals surface area (Å²) in [6, 6.07) is 3.95. The standard InChI is InChI=1S/C9H13N3S/c1-7-4-5-8(6-11-7)12(3)9(13)10-2/h4-6H,1-3H3,(H,10,13). The summed E-state index contributed by atoms with van der Waals surface area (Å²) in [4.78, 5) is 6.06. The Kier molecular flexibility index (Phi) is 3.19. The maximum absolute atomic E-state index is 5.08. The molecule has 0 unspecified atom stereocenters. The van der Waals surface area contributed by atoms with E-state index in [1.165, 1.54) is 0 Å². The molecule has 0 atom stereocenters. The van der Waals surface area contributed by atoms with Gasteiger partial charge in [0.05, 0.1) is 11.9 Å². The van der Waals surface area contributed by atoms with Gasteiger partial charge in [0.25, 0.3) is 0 Å². The zero-order chi connectivity index (χ0) is 9.84. The van der Waals surface area contributed by atoms with Crippen molar-refractivity contribution in [2.24, 2.45) is 0 Å². The zero-order valence-electron chi connectivity index (χ0n) is 8.03. The maximum atomic E-state index is 5.08. The van der Waals surface area contributed by atoms with Gasteiger partial charge in [0.1, 0.15) is 0 Å². The normalized spacial score (nSPS) is 9.46. The van der Waals surface area contributed by atoms with Gasteiger partial charge in [0.15, 0.2) is 5.11 Å². The maximum Gasteiger partial charge on any atom is 0.172 e. The predicted molar refractivity (Wildman–Crippen MR) is 59.0 cm³/mol. The fourth-order valence-electron chi connectivity index (χ4n) is 0.943. The molecule has 0 saturated heterocycles. The summed E-state index contributed by atoms with van der Waals surface area (Å²) in [6.07, 6.45) is 1.80. The van der Waals surface area contributed by atoms with Crippen LogP contribution < -0.4 is 10.2 Å². The van der Waals surface area contributed by atoms with E-state index in [4.69, 9.17) is 12.2 Å². The molecule has 1 rings (SSSR count). The van der Waals surface area contributed by atoms with Crippen LogP contribution in [0.25, 0.3) is 0 Å². The lowest BCUT2D eigenvalue weighted by atomic mass is 10.3. The van der Waals surface area contributed by atoms with Crippen molar-refractivity contribution in [3.63, 3.8) is 0 Å². The molecule has 4 heteroatoms. The van der Waals surface area contributed by atoms with E-state index in [1.54, 1.807) is 13.2 Å². The molecule has 0 saturated carbocycles. The first kappa shape index (κ1) is 9.92. The van der Waals surface area contributed by atoms with Crippen LogP contribution in [-0.2, 0) is 0 Å². The highest BCUT2D eigenvalue weighted by Crippen LogP contribution is 2.10.